The van der Waals surface area contributed by atoms with E-state index in [1.54, 1.807) is 16.8 Å². The number of rotatable bonds is 4. The molecule has 100 valence electrons. The molecule has 2 aromatic rings. The normalized spacial score (nSPS) is 10.4. The van der Waals surface area contributed by atoms with Gasteiger partial charge in [0.05, 0.1) is 6.54 Å². The zero-order valence-corrected chi connectivity index (χ0v) is 12.2. The molecule has 0 saturated carbocycles. The molecule has 0 bridgehead atoms. The molecule has 0 aliphatic rings. The summed E-state index contributed by atoms with van der Waals surface area (Å²) in [5.41, 5.74) is 7.19. The third-order valence-corrected chi connectivity index (χ3v) is 3.24. The van der Waals surface area contributed by atoms with Crippen LogP contribution >= 0.6 is 15.9 Å². The maximum Gasteiger partial charge on any atom is 0.250 e. The molecule has 19 heavy (non-hydrogen) atoms. The lowest BCUT2D eigenvalue weighted by molar-refractivity contribution is 0.294. The molecule has 4 nitrogen and oxygen atoms in total. The molecule has 0 aliphatic carbocycles. The molecule has 0 fully saturated rings. The van der Waals surface area contributed by atoms with Gasteiger partial charge in [-0.15, -0.1) is 0 Å². The van der Waals surface area contributed by atoms with Gasteiger partial charge in [0.25, 0.3) is 5.56 Å². The molecular weight excluding hydrogens is 308 g/mol. The van der Waals surface area contributed by atoms with Crippen LogP contribution in [0.5, 0.6) is 5.75 Å². The van der Waals surface area contributed by atoms with E-state index in [4.69, 9.17) is 10.5 Å². The number of benzene rings is 1. The van der Waals surface area contributed by atoms with Crippen molar-refractivity contribution < 1.29 is 4.74 Å². The fourth-order valence-corrected chi connectivity index (χ4v) is 2.05. The summed E-state index contributed by atoms with van der Waals surface area (Å²) in [5.74, 6) is 0.811. The van der Waals surface area contributed by atoms with Crippen LogP contribution in [0.1, 0.15) is 5.56 Å². The highest BCUT2D eigenvalue weighted by Crippen LogP contribution is 2.22. The van der Waals surface area contributed by atoms with Gasteiger partial charge < -0.3 is 15.0 Å². The zero-order chi connectivity index (χ0) is 13.8. The van der Waals surface area contributed by atoms with Crippen molar-refractivity contribution in [3.05, 3.63) is 56.9 Å². The molecule has 1 aromatic heterocycles. The Bertz CT molecular complexity index is 638. The fourth-order valence-electron chi connectivity index (χ4n) is 1.71. The van der Waals surface area contributed by atoms with Crippen LogP contribution in [0.4, 0.5) is 5.69 Å². The smallest absolute Gasteiger partial charge is 0.250 e. The molecule has 0 aliphatic heterocycles. The summed E-state index contributed by atoms with van der Waals surface area (Å²) >= 11 is 3.40. The lowest BCUT2D eigenvalue weighted by atomic mass is 10.2. The third kappa shape index (κ3) is 3.61. The van der Waals surface area contributed by atoms with Crippen LogP contribution < -0.4 is 16.0 Å². The average molecular weight is 323 g/mol. The lowest BCUT2D eigenvalue weighted by Gasteiger charge is -2.11. The Hall–Kier alpha value is -1.75. The van der Waals surface area contributed by atoms with Gasteiger partial charge in [0.15, 0.2) is 0 Å². The molecule has 0 unspecified atom stereocenters. The maximum absolute atomic E-state index is 11.6. The Labute approximate surface area is 119 Å². The topological polar surface area (TPSA) is 57.2 Å². The first-order valence-corrected chi connectivity index (χ1v) is 6.70. The predicted octanol–water partition coefficient (Wildman–Crippen LogP) is 2.58. The maximum atomic E-state index is 11.6. The SMILES string of the molecule is Cc1ccc(Br)cc1OCCn1cc(N)ccc1=O. The number of hydrogen-bond acceptors (Lipinski definition) is 3. The minimum atomic E-state index is -0.0798. The van der Waals surface area contributed by atoms with Crippen molar-refractivity contribution in [1.29, 1.82) is 0 Å². The second-order valence-corrected chi connectivity index (χ2v) is 5.17. The Morgan fingerprint density at radius 2 is 2.11 bits per heavy atom. The molecule has 0 atom stereocenters. The van der Waals surface area contributed by atoms with E-state index in [-0.39, 0.29) is 5.56 Å². The second-order valence-electron chi connectivity index (χ2n) is 4.25. The van der Waals surface area contributed by atoms with Gasteiger partial charge in [-0.25, -0.2) is 0 Å². The molecule has 2 rings (SSSR count). The molecule has 0 spiro atoms. The third-order valence-electron chi connectivity index (χ3n) is 2.75. The molecule has 0 radical (unpaired) electrons. The summed E-state index contributed by atoms with van der Waals surface area (Å²) in [5, 5.41) is 0. The summed E-state index contributed by atoms with van der Waals surface area (Å²) in [6.07, 6.45) is 1.62. The summed E-state index contributed by atoms with van der Waals surface area (Å²) in [4.78, 5) is 11.6. The minimum absolute atomic E-state index is 0.0798. The van der Waals surface area contributed by atoms with Crippen LogP contribution in [-0.4, -0.2) is 11.2 Å². The lowest BCUT2D eigenvalue weighted by Crippen LogP contribution is -2.22. The second kappa shape index (κ2) is 5.93. The Balaban J connectivity index is 2.02. The number of nitrogens with two attached hydrogens (primary N) is 1. The van der Waals surface area contributed by atoms with E-state index < -0.39 is 0 Å². The van der Waals surface area contributed by atoms with Gasteiger partial charge in [0, 0.05) is 22.4 Å². The van der Waals surface area contributed by atoms with Gasteiger partial charge in [0.2, 0.25) is 0 Å². The van der Waals surface area contributed by atoms with Crippen LogP contribution in [0, 0.1) is 6.92 Å². The van der Waals surface area contributed by atoms with E-state index in [2.05, 4.69) is 15.9 Å². The van der Waals surface area contributed by atoms with E-state index in [1.807, 2.05) is 25.1 Å². The van der Waals surface area contributed by atoms with Crippen molar-refractivity contribution >= 4 is 21.6 Å². The van der Waals surface area contributed by atoms with Crippen molar-refractivity contribution in [1.82, 2.24) is 4.57 Å². The summed E-state index contributed by atoms with van der Waals surface area (Å²) in [7, 11) is 0. The fraction of sp³-hybridized carbons (Fsp3) is 0.214. The van der Waals surface area contributed by atoms with E-state index in [9.17, 15) is 4.79 Å². The van der Waals surface area contributed by atoms with Gasteiger partial charge in [-0.3, -0.25) is 4.79 Å². The van der Waals surface area contributed by atoms with E-state index >= 15 is 0 Å². The first-order chi connectivity index (χ1) is 9.06. The standard InChI is InChI=1S/C14H15BrN2O2/c1-10-2-3-11(15)8-13(10)19-7-6-17-9-12(16)4-5-14(17)18/h2-5,8-9H,6-7,16H2,1H3. The molecule has 1 aromatic carbocycles. The molecule has 0 saturated heterocycles. The van der Waals surface area contributed by atoms with Gasteiger partial charge in [-0.2, -0.15) is 0 Å². The first-order valence-electron chi connectivity index (χ1n) is 5.91. The van der Waals surface area contributed by atoms with Gasteiger partial charge in [0.1, 0.15) is 12.4 Å². The van der Waals surface area contributed by atoms with Crippen LogP contribution in [0.15, 0.2) is 45.8 Å². The Morgan fingerprint density at radius 1 is 1.32 bits per heavy atom. The van der Waals surface area contributed by atoms with Gasteiger partial charge in [-0.1, -0.05) is 22.0 Å². The van der Waals surface area contributed by atoms with Crippen LogP contribution in [-0.2, 0) is 6.54 Å². The highest BCUT2D eigenvalue weighted by molar-refractivity contribution is 9.10. The number of ether oxygens (including phenoxy) is 1. The van der Waals surface area contributed by atoms with E-state index in [0.29, 0.717) is 18.8 Å². The number of anilines is 1. The minimum Gasteiger partial charge on any atom is -0.491 e. The van der Waals surface area contributed by atoms with Crippen molar-refractivity contribution in [2.45, 2.75) is 13.5 Å². The van der Waals surface area contributed by atoms with Gasteiger partial charge >= 0.3 is 0 Å². The number of aromatic nitrogens is 1. The number of hydrogen-bond donors (Lipinski definition) is 1. The molecule has 1 heterocycles. The number of pyridine rings is 1. The highest BCUT2D eigenvalue weighted by atomic mass is 79.9. The van der Waals surface area contributed by atoms with Crippen LogP contribution in [0.3, 0.4) is 0 Å². The number of aryl methyl sites for hydroxylation is 1. The monoisotopic (exact) mass is 322 g/mol. The van der Waals surface area contributed by atoms with Crippen molar-refractivity contribution in [2.24, 2.45) is 0 Å². The molecule has 0 amide bonds. The number of nitrogens with zero attached hydrogens (tertiary/aromatic N) is 1. The van der Waals surface area contributed by atoms with Gasteiger partial charge in [-0.05, 0) is 30.7 Å². The number of nitrogen functional groups attached to an aromatic ring is 1. The van der Waals surface area contributed by atoms with Crippen LogP contribution in [0.2, 0.25) is 0 Å². The van der Waals surface area contributed by atoms with Crippen LogP contribution in [0.25, 0.3) is 0 Å². The largest absolute Gasteiger partial charge is 0.491 e. The highest BCUT2D eigenvalue weighted by Gasteiger charge is 2.01. The Kier molecular flexibility index (Phi) is 4.27. The first kappa shape index (κ1) is 13.7. The molecule has 2 N–H and O–H groups in total. The zero-order valence-electron chi connectivity index (χ0n) is 10.6. The summed E-state index contributed by atoms with van der Waals surface area (Å²) in [6.45, 7) is 2.87. The average Bonchev–Trinajstić information content (AvgIpc) is 2.38. The quantitative estimate of drug-likeness (QED) is 0.941. The molecular formula is C14H15BrN2O2. The molecule has 5 heteroatoms. The van der Waals surface area contributed by atoms with Crippen molar-refractivity contribution in [3.8, 4) is 5.75 Å². The van der Waals surface area contributed by atoms with Crippen molar-refractivity contribution in [3.63, 3.8) is 0 Å². The van der Waals surface area contributed by atoms with E-state index in [1.165, 1.54) is 6.07 Å². The van der Waals surface area contributed by atoms with E-state index in [0.717, 1.165) is 15.8 Å². The predicted molar refractivity (Wildman–Crippen MR) is 79.5 cm³/mol. The summed E-state index contributed by atoms with van der Waals surface area (Å²) < 4.78 is 8.20. The Morgan fingerprint density at radius 3 is 2.89 bits per heavy atom. The van der Waals surface area contributed by atoms with Crippen molar-refractivity contribution in [2.75, 3.05) is 12.3 Å². The number of halogens is 1. The summed E-state index contributed by atoms with van der Waals surface area (Å²) in [6, 6.07) is 8.91.